The van der Waals surface area contributed by atoms with Crippen molar-refractivity contribution < 1.29 is 27.4 Å². The Morgan fingerprint density at radius 2 is 1.81 bits per heavy atom. The fourth-order valence-electron chi connectivity index (χ4n) is 0.336. The van der Waals surface area contributed by atoms with E-state index in [1.54, 1.807) is 0 Å². The summed E-state index contributed by atoms with van der Waals surface area (Å²) >= 11 is 0. The van der Waals surface area contributed by atoms with E-state index in [4.69, 9.17) is 22.6 Å². The summed E-state index contributed by atoms with van der Waals surface area (Å²) in [5, 5.41) is 15.8. The van der Waals surface area contributed by atoms with E-state index in [1.807, 2.05) is 0 Å². The molecule has 98 valence electrons. The zero-order valence-corrected chi connectivity index (χ0v) is 16.3. The highest BCUT2D eigenvalue weighted by molar-refractivity contribution is 6.73. The molecule has 0 spiro atoms. The van der Waals surface area contributed by atoms with Crippen LogP contribution in [0.25, 0.3) is 0 Å². The van der Waals surface area contributed by atoms with Crippen LogP contribution >= 0.6 is 0 Å². The molecule has 6 nitrogen and oxygen atoms in total. The van der Waals surface area contributed by atoms with Gasteiger partial charge in [-0.15, -0.1) is 0 Å². The molecule has 0 aliphatic heterocycles. The van der Waals surface area contributed by atoms with Crippen LogP contribution in [0.5, 0.6) is 0 Å². The van der Waals surface area contributed by atoms with Gasteiger partial charge in [0.25, 0.3) is 20.0 Å². The Morgan fingerprint density at radius 1 is 1.38 bits per heavy atom. The minimum absolute atomic E-state index is 0.627. The Balaban J connectivity index is 0. The number of aliphatic carboxylic acids is 1. The van der Waals surface area contributed by atoms with E-state index < -0.39 is 40.4 Å². The highest BCUT2D eigenvalue weighted by Crippen LogP contribution is 1.99. The Hall–Kier alpha value is 0.178. The summed E-state index contributed by atoms with van der Waals surface area (Å²) in [6.07, 6.45) is -1.23. The van der Waals surface area contributed by atoms with Crippen molar-refractivity contribution in [2.24, 2.45) is 0 Å². The van der Waals surface area contributed by atoms with Crippen molar-refractivity contribution in [3.8, 4) is 0 Å². The lowest BCUT2D eigenvalue weighted by Gasteiger charge is -2.16. The quantitative estimate of drug-likeness (QED) is 0.420. The molecule has 0 heterocycles. The van der Waals surface area contributed by atoms with Crippen molar-refractivity contribution in [2.45, 2.75) is 32.7 Å². The van der Waals surface area contributed by atoms with E-state index in [9.17, 15) is 4.79 Å². The van der Waals surface area contributed by atoms with Gasteiger partial charge in [-0.25, -0.2) is 4.79 Å². The van der Waals surface area contributed by atoms with E-state index in [1.165, 1.54) is 6.92 Å². The number of aliphatic hydroxyl groups is 1. The number of hydrogen-bond donors (Lipinski definition) is 2. The summed E-state index contributed by atoms with van der Waals surface area (Å²) in [7, 11) is -1.79. The smallest absolute Gasteiger partial charge is 0.332 e. The second-order valence-corrected chi connectivity index (χ2v) is 13.8. The monoisotopic (exact) mass is 302 g/mol. The predicted molar refractivity (Wildman–Crippen MR) is 72.9 cm³/mol. The summed E-state index contributed by atoms with van der Waals surface area (Å²) in [4.78, 5) is 9.45. The maximum absolute atomic E-state index is 9.45. The van der Waals surface area contributed by atoms with Gasteiger partial charge in [-0.1, -0.05) is 0 Å². The normalized spacial score (nSPS) is 14.3. The second-order valence-electron chi connectivity index (χ2n) is 4.00. The molecule has 0 aromatic rings. The van der Waals surface area contributed by atoms with Crippen LogP contribution in [0.3, 0.4) is 0 Å². The van der Waals surface area contributed by atoms with Gasteiger partial charge in [0, 0.05) is 0 Å². The number of rotatable bonds is 6. The van der Waals surface area contributed by atoms with Gasteiger partial charge in [0.05, 0.1) is 0 Å². The lowest BCUT2D eigenvalue weighted by Crippen LogP contribution is -2.29. The fraction of sp³-hybridized carbons (Fsp3) is 0.833. The Labute approximate surface area is 105 Å². The van der Waals surface area contributed by atoms with Crippen LogP contribution in [-0.4, -0.2) is 61.1 Å². The molecule has 0 amide bonds. The van der Waals surface area contributed by atoms with Crippen LogP contribution in [0.4, 0.5) is 0 Å². The average molecular weight is 303 g/mol. The molecular formula is C6H22O6Si4. The van der Waals surface area contributed by atoms with Crippen molar-refractivity contribution in [1.29, 1.82) is 0 Å². The van der Waals surface area contributed by atoms with Gasteiger partial charge in [-0.3, -0.25) is 0 Å². The Bertz CT molecular complexity index is 182. The molecule has 1 unspecified atom stereocenters. The van der Waals surface area contributed by atoms with Crippen molar-refractivity contribution in [3.63, 3.8) is 0 Å². The van der Waals surface area contributed by atoms with E-state index >= 15 is 0 Å². The zero-order chi connectivity index (χ0) is 13.2. The van der Waals surface area contributed by atoms with Gasteiger partial charge in [0.1, 0.15) is 16.6 Å². The van der Waals surface area contributed by atoms with E-state index in [0.29, 0.717) is 0 Å². The lowest BCUT2D eigenvalue weighted by atomic mass is 10.4. The van der Waals surface area contributed by atoms with Crippen molar-refractivity contribution >= 4 is 44.8 Å². The SMILES string of the molecule is CC(O)C(=O)O.C[Si](C)(C)O[SiH2]O[SiH2]O[SiH3]. The van der Waals surface area contributed by atoms with Crippen LogP contribution in [-0.2, 0) is 17.1 Å². The number of carboxylic acid groups (broad SMARTS) is 1. The van der Waals surface area contributed by atoms with Crippen LogP contribution in [0.15, 0.2) is 0 Å². The fourth-order valence-corrected chi connectivity index (χ4v) is 5.27. The van der Waals surface area contributed by atoms with Gasteiger partial charge in [-0.05, 0) is 26.6 Å². The summed E-state index contributed by atoms with van der Waals surface area (Å²) in [6.45, 7) is 7.72. The van der Waals surface area contributed by atoms with Gasteiger partial charge >= 0.3 is 5.97 Å². The minimum Gasteiger partial charge on any atom is -0.479 e. The minimum atomic E-state index is -1.29. The summed E-state index contributed by atoms with van der Waals surface area (Å²) in [5.74, 6) is -1.19. The molecule has 0 saturated carbocycles. The van der Waals surface area contributed by atoms with Gasteiger partial charge in [0.15, 0.2) is 8.32 Å². The van der Waals surface area contributed by atoms with Crippen LogP contribution < -0.4 is 0 Å². The first-order valence-corrected chi connectivity index (χ1v) is 11.4. The molecule has 0 saturated heterocycles. The van der Waals surface area contributed by atoms with Crippen LogP contribution in [0, 0.1) is 0 Å². The summed E-state index contributed by atoms with van der Waals surface area (Å²) < 4.78 is 15.8. The predicted octanol–water partition coefficient (Wildman–Crippen LogP) is -2.40. The van der Waals surface area contributed by atoms with Crippen LogP contribution in [0.2, 0.25) is 19.6 Å². The molecule has 0 aromatic heterocycles. The molecule has 1 atom stereocenters. The van der Waals surface area contributed by atoms with Gasteiger partial charge in [-0.2, -0.15) is 0 Å². The molecule has 0 radical (unpaired) electrons. The molecule has 2 N–H and O–H groups in total. The molecule has 0 aliphatic carbocycles. The standard InChI is InChI=1S/C3H16O3Si4.C3H6O3/c1-10(2,3)6-9-5-8-4-7;1-2(4)3(5)6/h8-9H2,1-3,7H3;2,4H,1H3,(H,5,6). The van der Waals surface area contributed by atoms with Crippen molar-refractivity contribution in [2.75, 3.05) is 0 Å². The first kappa shape index (κ1) is 18.5. The molecule has 0 rings (SSSR count). The molecule has 0 bridgehead atoms. The number of carboxylic acids is 1. The van der Waals surface area contributed by atoms with E-state index in [-0.39, 0.29) is 0 Å². The molecular weight excluding hydrogens is 280 g/mol. The number of carbonyl (C=O) groups is 1. The Kier molecular flexibility index (Phi) is 12.0. The maximum Gasteiger partial charge on any atom is 0.332 e. The molecule has 0 aromatic carbocycles. The molecule has 16 heavy (non-hydrogen) atoms. The molecule has 0 fully saturated rings. The van der Waals surface area contributed by atoms with E-state index in [2.05, 4.69) is 19.6 Å². The first-order valence-electron chi connectivity index (χ1n) is 4.82. The zero-order valence-electron chi connectivity index (χ0n) is 10.5. The summed E-state index contributed by atoms with van der Waals surface area (Å²) in [5.41, 5.74) is 0. The topological polar surface area (TPSA) is 85.2 Å². The third kappa shape index (κ3) is 19.7. The first-order chi connectivity index (χ1) is 7.20. The summed E-state index contributed by atoms with van der Waals surface area (Å²) in [6, 6.07) is 0. The lowest BCUT2D eigenvalue weighted by molar-refractivity contribution is -0.145. The second kappa shape index (κ2) is 10.3. The molecule has 10 heteroatoms. The highest BCUT2D eigenvalue weighted by Gasteiger charge is 2.12. The third-order valence-corrected chi connectivity index (χ3v) is 7.35. The van der Waals surface area contributed by atoms with E-state index in [0.717, 1.165) is 10.5 Å². The average Bonchev–Trinajstić information content (AvgIpc) is 2.12. The van der Waals surface area contributed by atoms with Crippen molar-refractivity contribution in [1.82, 2.24) is 0 Å². The highest BCUT2D eigenvalue weighted by atomic mass is 28.4. The largest absolute Gasteiger partial charge is 0.479 e. The van der Waals surface area contributed by atoms with Gasteiger partial charge in [0.2, 0.25) is 0 Å². The number of hydrogen-bond acceptors (Lipinski definition) is 5. The Morgan fingerprint density at radius 3 is 2.06 bits per heavy atom. The van der Waals surface area contributed by atoms with Crippen molar-refractivity contribution in [3.05, 3.63) is 0 Å². The molecule has 0 aliphatic rings. The van der Waals surface area contributed by atoms with Gasteiger partial charge < -0.3 is 22.6 Å². The third-order valence-electron chi connectivity index (χ3n) is 1.13. The van der Waals surface area contributed by atoms with Crippen LogP contribution in [0.1, 0.15) is 6.92 Å². The maximum atomic E-state index is 9.45. The number of aliphatic hydroxyl groups excluding tert-OH is 1.